The van der Waals surface area contributed by atoms with Gasteiger partial charge in [-0.3, -0.25) is 4.90 Å². The number of benzene rings is 1. The monoisotopic (exact) mass is 609 g/mol. The van der Waals surface area contributed by atoms with E-state index in [1.165, 1.54) is 0 Å². The van der Waals surface area contributed by atoms with Crippen LogP contribution in [0.4, 0.5) is 4.79 Å². The van der Waals surface area contributed by atoms with Crippen molar-refractivity contribution in [3.63, 3.8) is 0 Å². The third-order valence-electron chi connectivity index (χ3n) is 8.97. The highest BCUT2D eigenvalue weighted by atomic mass is 28.4. The van der Waals surface area contributed by atoms with E-state index in [-0.39, 0.29) is 36.5 Å². The summed E-state index contributed by atoms with van der Waals surface area (Å²) in [5, 5.41) is 11.3. The number of carbonyl (C=O) groups excluding carboxylic acids is 1. The predicted molar refractivity (Wildman–Crippen MR) is 169 cm³/mol. The molecule has 1 saturated heterocycles. The van der Waals surface area contributed by atoms with Gasteiger partial charge in [-0.1, -0.05) is 78.0 Å². The number of aliphatic hydroxyl groups excluding tert-OH is 1. The first-order valence-corrected chi connectivity index (χ1v) is 20.4. The quantitative estimate of drug-likeness (QED) is 0.151. The highest BCUT2D eigenvalue weighted by molar-refractivity contribution is 6.74. The molecule has 41 heavy (non-hydrogen) atoms. The van der Waals surface area contributed by atoms with Crippen molar-refractivity contribution in [1.29, 1.82) is 0 Å². The zero-order valence-corrected chi connectivity index (χ0v) is 29.2. The fraction of sp³-hybridized carbons (Fsp3) is 0.710. The number of ether oxygens (including phenoxy) is 3. The van der Waals surface area contributed by atoms with E-state index in [1.54, 1.807) is 18.1 Å². The number of hydrogen-bond acceptors (Lipinski definition) is 7. The van der Waals surface area contributed by atoms with Gasteiger partial charge < -0.3 is 28.2 Å². The molecule has 0 radical (unpaired) electrons. The molecule has 0 spiro atoms. The summed E-state index contributed by atoms with van der Waals surface area (Å²) in [6.07, 6.45) is -0.821. The third-order valence-corrected chi connectivity index (χ3v) is 17.9. The molecule has 0 aromatic heterocycles. The molecule has 1 fully saturated rings. The van der Waals surface area contributed by atoms with E-state index in [0.29, 0.717) is 0 Å². The molecular weight excluding hydrogens is 555 g/mol. The van der Waals surface area contributed by atoms with Crippen molar-refractivity contribution in [2.75, 3.05) is 20.5 Å². The molecule has 1 aromatic carbocycles. The van der Waals surface area contributed by atoms with Gasteiger partial charge in [0.25, 0.3) is 0 Å². The lowest BCUT2D eigenvalue weighted by molar-refractivity contribution is -0.119. The lowest BCUT2D eigenvalue weighted by Gasteiger charge is -2.42. The van der Waals surface area contributed by atoms with Crippen LogP contribution in [0.1, 0.15) is 53.5 Å². The first-order chi connectivity index (χ1) is 18.9. The molecule has 1 amide bonds. The van der Waals surface area contributed by atoms with Crippen LogP contribution < -0.4 is 0 Å². The Morgan fingerprint density at radius 2 is 1.61 bits per heavy atom. The van der Waals surface area contributed by atoms with Crippen LogP contribution in [0.5, 0.6) is 0 Å². The van der Waals surface area contributed by atoms with E-state index in [0.717, 1.165) is 5.56 Å². The molecule has 1 aliphatic rings. The van der Waals surface area contributed by atoms with E-state index in [4.69, 9.17) is 23.1 Å². The van der Waals surface area contributed by atoms with Gasteiger partial charge in [0.15, 0.2) is 16.6 Å². The molecule has 1 N–H and O–H groups in total. The van der Waals surface area contributed by atoms with Crippen molar-refractivity contribution in [1.82, 2.24) is 4.90 Å². The Morgan fingerprint density at radius 3 is 2.12 bits per heavy atom. The van der Waals surface area contributed by atoms with Gasteiger partial charge in [-0.25, -0.2) is 4.79 Å². The second kappa shape index (κ2) is 14.3. The summed E-state index contributed by atoms with van der Waals surface area (Å²) in [5.41, 5.74) is 0.874. The number of carbonyl (C=O) groups is 1. The molecule has 0 aliphatic carbocycles. The van der Waals surface area contributed by atoms with Crippen molar-refractivity contribution in [2.45, 2.75) is 121 Å². The van der Waals surface area contributed by atoms with Crippen LogP contribution in [0.3, 0.4) is 0 Å². The van der Waals surface area contributed by atoms with Crippen LogP contribution in [0.2, 0.25) is 36.3 Å². The van der Waals surface area contributed by atoms with Crippen molar-refractivity contribution in [3.8, 4) is 0 Å². The summed E-state index contributed by atoms with van der Waals surface area (Å²) in [6, 6.07) is 8.25. The largest absolute Gasteiger partial charge is 0.445 e. The minimum atomic E-state index is -2.37. The number of likely N-dealkylation sites (tertiary alicyclic amines) is 1. The standard InChI is InChI=1S/C31H55NO7Si2/c1-13-17-25(33)26-28(37-22-35-8)27(39-41(11,12)31(5,6)7)24(21-38-40(9,10)30(2,3)4)32(26)29(34)36-20-23-18-15-14-16-19-23/h13-16,18-19,24-28,33H,1,17,20-22H2,2-12H3/t24-,25+,26+,27-,28-/m1/s1. The average Bonchev–Trinajstić information content (AvgIpc) is 3.16. The molecule has 0 bridgehead atoms. The maximum atomic E-state index is 14.0. The molecule has 0 unspecified atom stereocenters. The van der Waals surface area contributed by atoms with Crippen molar-refractivity contribution < 1.29 is 33.0 Å². The van der Waals surface area contributed by atoms with Crippen LogP contribution in [0.15, 0.2) is 43.0 Å². The Labute approximate surface area is 250 Å². The minimum absolute atomic E-state index is 0.0119. The Morgan fingerprint density at radius 1 is 1.02 bits per heavy atom. The zero-order chi connectivity index (χ0) is 31.2. The summed E-state index contributed by atoms with van der Waals surface area (Å²) in [4.78, 5) is 15.6. The van der Waals surface area contributed by atoms with E-state index in [1.807, 2.05) is 30.3 Å². The molecule has 10 heteroatoms. The van der Waals surface area contributed by atoms with Gasteiger partial charge in [0.1, 0.15) is 19.5 Å². The smallest absolute Gasteiger partial charge is 0.410 e. The van der Waals surface area contributed by atoms with Gasteiger partial charge in [-0.05, 0) is 48.2 Å². The van der Waals surface area contributed by atoms with Gasteiger partial charge >= 0.3 is 6.09 Å². The van der Waals surface area contributed by atoms with Gasteiger partial charge in [0.05, 0.1) is 30.9 Å². The highest BCUT2D eigenvalue weighted by Gasteiger charge is 2.58. The third kappa shape index (κ3) is 8.98. The second-order valence-corrected chi connectivity index (χ2v) is 23.6. The topological polar surface area (TPSA) is 86.7 Å². The second-order valence-electron chi connectivity index (χ2n) is 14.0. The number of methoxy groups -OCH3 is 1. The first kappa shape index (κ1) is 35.7. The summed E-state index contributed by atoms with van der Waals surface area (Å²) < 4.78 is 31.2. The van der Waals surface area contributed by atoms with Gasteiger partial charge in [0.2, 0.25) is 0 Å². The molecule has 1 aliphatic heterocycles. The van der Waals surface area contributed by atoms with E-state index in [9.17, 15) is 9.90 Å². The number of rotatable bonds is 13. The van der Waals surface area contributed by atoms with Gasteiger partial charge in [-0.15, -0.1) is 6.58 Å². The zero-order valence-electron chi connectivity index (χ0n) is 27.2. The normalized spacial score (nSPS) is 23.0. The summed E-state index contributed by atoms with van der Waals surface area (Å²) in [6.45, 7) is 26.0. The van der Waals surface area contributed by atoms with Crippen LogP contribution >= 0.6 is 0 Å². The van der Waals surface area contributed by atoms with Crippen LogP contribution in [0, 0.1) is 0 Å². The van der Waals surface area contributed by atoms with Crippen molar-refractivity contribution >= 4 is 22.7 Å². The summed E-state index contributed by atoms with van der Waals surface area (Å²) in [7, 11) is -3.03. The first-order valence-electron chi connectivity index (χ1n) is 14.6. The number of nitrogens with zero attached hydrogens (tertiary/aromatic N) is 1. The summed E-state index contributed by atoms with van der Waals surface area (Å²) >= 11 is 0. The Hall–Kier alpha value is -1.54. The lowest BCUT2D eigenvalue weighted by atomic mass is 10.0. The van der Waals surface area contributed by atoms with Gasteiger partial charge in [-0.2, -0.15) is 0 Å². The summed E-state index contributed by atoms with van der Waals surface area (Å²) in [5.74, 6) is 0. The molecule has 0 saturated carbocycles. The van der Waals surface area contributed by atoms with Crippen LogP contribution in [0.25, 0.3) is 0 Å². The van der Waals surface area contributed by atoms with Crippen LogP contribution in [-0.4, -0.2) is 83.6 Å². The van der Waals surface area contributed by atoms with E-state index < -0.39 is 53.1 Å². The van der Waals surface area contributed by atoms with Crippen LogP contribution in [-0.2, 0) is 29.7 Å². The highest BCUT2D eigenvalue weighted by Crippen LogP contribution is 2.43. The molecule has 8 nitrogen and oxygen atoms in total. The maximum absolute atomic E-state index is 14.0. The maximum Gasteiger partial charge on any atom is 0.410 e. The van der Waals surface area contributed by atoms with Crippen molar-refractivity contribution in [2.24, 2.45) is 0 Å². The number of hydrogen-bond donors (Lipinski definition) is 1. The molecule has 1 heterocycles. The molecule has 234 valence electrons. The van der Waals surface area contributed by atoms with Gasteiger partial charge in [0, 0.05) is 7.11 Å². The predicted octanol–water partition coefficient (Wildman–Crippen LogP) is 6.71. The fourth-order valence-corrected chi connectivity index (χ4v) is 6.75. The Bertz CT molecular complexity index is 975. The SMILES string of the molecule is C=CC[C@H](O)[C@H]1[C@@H](OCOC)[C@H](O[Si](C)(C)C(C)(C)C)[C@@H](CO[Si](C)(C)C(C)(C)C)N1C(=O)OCc1ccccc1. The molecule has 5 atom stereocenters. The molecule has 1 aromatic rings. The number of aliphatic hydroxyl groups is 1. The molecule has 2 rings (SSSR count). The van der Waals surface area contributed by atoms with E-state index in [2.05, 4.69) is 74.3 Å². The van der Waals surface area contributed by atoms with E-state index >= 15 is 0 Å². The Balaban J connectivity index is 2.62. The molecular formula is C31H55NO7Si2. The lowest BCUT2D eigenvalue weighted by Crippen LogP contribution is -2.54. The average molecular weight is 610 g/mol. The minimum Gasteiger partial charge on any atom is -0.445 e. The Kier molecular flexibility index (Phi) is 12.4. The number of amides is 1. The van der Waals surface area contributed by atoms with Crippen molar-refractivity contribution in [3.05, 3.63) is 48.6 Å². The fourth-order valence-electron chi connectivity index (χ4n) is 4.40.